The second-order valence-corrected chi connectivity index (χ2v) is 7.27. The monoisotopic (exact) mass is 335 g/mol. The Balaban J connectivity index is 1.64. The van der Waals surface area contributed by atoms with Crippen LogP contribution in [0.3, 0.4) is 0 Å². The van der Waals surface area contributed by atoms with Gasteiger partial charge in [-0.05, 0) is 19.4 Å². The molecule has 1 atom stereocenters. The summed E-state index contributed by atoms with van der Waals surface area (Å²) in [6.07, 6.45) is 6.38. The van der Waals surface area contributed by atoms with Crippen molar-refractivity contribution in [2.75, 3.05) is 53.0 Å². The molecule has 134 valence electrons. The number of aromatic nitrogens is 2. The molecule has 24 heavy (non-hydrogen) atoms. The number of nitrogens with one attached hydrogen (secondary N) is 1. The van der Waals surface area contributed by atoms with Gasteiger partial charge in [0.1, 0.15) is 0 Å². The summed E-state index contributed by atoms with van der Waals surface area (Å²) in [5, 5.41) is 6.99. The van der Waals surface area contributed by atoms with Crippen LogP contribution in [0, 0.1) is 5.41 Å². The van der Waals surface area contributed by atoms with Gasteiger partial charge in [0.15, 0.2) is 0 Å². The first-order chi connectivity index (χ1) is 11.6. The van der Waals surface area contributed by atoms with Crippen molar-refractivity contribution in [3.8, 4) is 0 Å². The topological polar surface area (TPSA) is 62.6 Å². The van der Waals surface area contributed by atoms with Crippen molar-refractivity contribution >= 4 is 5.91 Å². The second kappa shape index (κ2) is 7.63. The number of hydrogen-bond acceptors (Lipinski definition) is 5. The SMILES string of the molecule is CNC(=O)CN1CCOC[C@@]2(CCCN(Cc3cnn(C)c3)C2)C1. The fourth-order valence-electron chi connectivity index (χ4n) is 4.00. The lowest BCUT2D eigenvalue weighted by atomic mass is 9.80. The number of rotatable bonds is 4. The highest BCUT2D eigenvalue weighted by Crippen LogP contribution is 2.33. The van der Waals surface area contributed by atoms with Crippen LogP contribution in [0.4, 0.5) is 0 Å². The largest absolute Gasteiger partial charge is 0.379 e. The first kappa shape index (κ1) is 17.4. The van der Waals surface area contributed by atoms with Gasteiger partial charge >= 0.3 is 0 Å². The molecule has 7 heteroatoms. The van der Waals surface area contributed by atoms with Crippen LogP contribution in [0.15, 0.2) is 12.4 Å². The molecule has 1 aromatic rings. The van der Waals surface area contributed by atoms with Gasteiger partial charge < -0.3 is 10.1 Å². The Kier molecular flexibility index (Phi) is 5.53. The smallest absolute Gasteiger partial charge is 0.233 e. The van der Waals surface area contributed by atoms with E-state index in [0.29, 0.717) is 13.2 Å². The average molecular weight is 335 g/mol. The van der Waals surface area contributed by atoms with Crippen LogP contribution < -0.4 is 5.32 Å². The van der Waals surface area contributed by atoms with Gasteiger partial charge in [-0.3, -0.25) is 19.3 Å². The molecule has 2 fully saturated rings. The van der Waals surface area contributed by atoms with E-state index in [-0.39, 0.29) is 11.3 Å². The van der Waals surface area contributed by atoms with E-state index >= 15 is 0 Å². The third-order valence-corrected chi connectivity index (χ3v) is 5.07. The highest BCUT2D eigenvalue weighted by atomic mass is 16.5. The van der Waals surface area contributed by atoms with Crippen LogP contribution in [-0.4, -0.2) is 78.5 Å². The van der Waals surface area contributed by atoms with Gasteiger partial charge in [0.05, 0.1) is 26.0 Å². The number of likely N-dealkylation sites (tertiary alicyclic amines) is 1. The Morgan fingerprint density at radius 1 is 1.38 bits per heavy atom. The molecule has 1 N–H and O–H groups in total. The van der Waals surface area contributed by atoms with Crippen molar-refractivity contribution in [1.82, 2.24) is 24.9 Å². The summed E-state index contributed by atoms with van der Waals surface area (Å²) in [5.41, 5.74) is 1.39. The minimum Gasteiger partial charge on any atom is -0.379 e. The minimum absolute atomic E-state index is 0.0788. The molecule has 2 saturated heterocycles. The average Bonchev–Trinajstić information content (AvgIpc) is 2.86. The number of carbonyl (C=O) groups excluding carboxylic acids is 1. The van der Waals surface area contributed by atoms with Crippen LogP contribution >= 0.6 is 0 Å². The highest BCUT2D eigenvalue weighted by Gasteiger charge is 2.39. The standard InChI is InChI=1S/C17H29N5O2/c1-18-16(23)11-22-6-7-24-14-17(13-22)4-3-5-21(12-17)10-15-8-19-20(2)9-15/h8-9H,3-7,10-14H2,1-2H3,(H,18,23)/t17-/m1/s1. The summed E-state index contributed by atoms with van der Waals surface area (Å²) in [7, 11) is 3.65. The number of ether oxygens (including phenoxy) is 1. The van der Waals surface area contributed by atoms with Gasteiger partial charge in [-0.1, -0.05) is 0 Å². The first-order valence-electron chi connectivity index (χ1n) is 8.79. The van der Waals surface area contributed by atoms with Crippen molar-refractivity contribution in [1.29, 1.82) is 0 Å². The van der Waals surface area contributed by atoms with Crippen molar-refractivity contribution in [2.24, 2.45) is 12.5 Å². The van der Waals surface area contributed by atoms with E-state index < -0.39 is 0 Å². The van der Waals surface area contributed by atoms with Crippen molar-refractivity contribution < 1.29 is 9.53 Å². The zero-order valence-corrected chi connectivity index (χ0v) is 14.8. The molecule has 0 radical (unpaired) electrons. The van der Waals surface area contributed by atoms with Gasteiger partial charge in [0.25, 0.3) is 0 Å². The van der Waals surface area contributed by atoms with Crippen LogP contribution in [-0.2, 0) is 23.1 Å². The molecule has 0 saturated carbocycles. The third-order valence-electron chi connectivity index (χ3n) is 5.07. The Morgan fingerprint density at radius 3 is 2.96 bits per heavy atom. The Bertz CT molecular complexity index is 561. The van der Waals surface area contributed by atoms with Crippen molar-refractivity contribution in [3.05, 3.63) is 18.0 Å². The molecule has 3 heterocycles. The molecule has 1 amide bonds. The second-order valence-electron chi connectivity index (χ2n) is 7.27. The van der Waals surface area contributed by atoms with Gasteiger partial charge in [-0.15, -0.1) is 0 Å². The van der Waals surface area contributed by atoms with E-state index in [2.05, 4.69) is 26.4 Å². The number of aryl methyl sites for hydroxylation is 1. The summed E-state index contributed by atoms with van der Waals surface area (Å²) in [4.78, 5) is 16.5. The summed E-state index contributed by atoms with van der Waals surface area (Å²) < 4.78 is 7.78. The molecule has 1 spiro atoms. The molecule has 3 rings (SSSR count). The minimum atomic E-state index is 0.0788. The van der Waals surface area contributed by atoms with Gasteiger partial charge in [-0.2, -0.15) is 5.10 Å². The number of hydrogen-bond donors (Lipinski definition) is 1. The van der Waals surface area contributed by atoms with E-state index in [0.717, 1.165) is 39.3 Å². The van der Waals surface area contributed by atoms with E-state index in [4.69, 9.17) is 4.74 Å². The Morgan fingerprint density at radius 2 is 2.21 bits per heavy atom. The number of carbonyl (C=O) groups is 1. The predicted molar refractivity (Wildman–Crippen MR) is 91.5 cm³/mol. The summed E-state index contributed by atoms with van der Waals surface area (Å²) >= 11 is 0. The van der Waals surface area contributed by atoms with Crippen LogP contribution in [0.25, 0.3) is 0 Å². The molecule has 0 bridgehead atoms. The lowest BCUT2D eigenvalue weighted by molar-refractivity contribution is -0.122. The number of piperidine rings is 1. The molecular formula is C17H29N5O2. The van der Waals surface area contributed by atoms with Gasteiger partial charge in [0, 0.05) is 57.4 Å². The fourth-order valence-corrected chi connectivity index (χ4v) is 4.00. The Hall–Kier alpha value is -1.44. The zero-order chi connectivity index (χ0) is 17.0. The number of amides is 1. The van der Waals surface area contributed by atoms with Crippen LogP contribution in [0.2, 0.25) is 0 Å². The molecule has 0 aliphatic carbocycles. The van der Waals surface area contributed by atoms with Gasteiger partial charge in [-0.25, -0.2) is 0 Å². The summed E-state index contributed by atoms with van der Waals surface area (Å²) in [6.45, 7) is 6.80. The van der Waals surface area contributed by atoms with Crippen molar-refractivity contribution in [2.45, 2.75) is 19.4 Å². The van der Waals surface area contributed by atoms with Crippen LogP contribution in [0.1, 0.15) is 18.4 Å². The number of likely N-dealkylation sites (N-methyl/N-ethyl adjacent to an activating group) is 1. The zero-order valence-electron chi connectivity index (χ0n) is 14.8. The molecule has 2 aliphatic rings. The fraction of sp³-hybridized carbons (Fsp3) is 0.765. The molecule has 7 nitrogen and oxygen atoms in total. The maximum absolute atomic E-state index is 11.8. The normalized spacial score (nSPS) is 26.4. The summed E-state index contributed by atoms with van der Waals surface area (Å²) in [6, 6.07) is 0. The summed E-state index contributed by atoms with van der Waals surface area (Å²) in [5.74, 6) is 0.0788. The molecular weight excluding hydrogens is 306 g/mol. The van der Waals surface area contributed by atoms with E-state index in [1.807, 2.05) is 17.9 Å². The third kappa shape index (κ3) is 4.34. The lowest BCUT2D eigenvalue weighted by Gasteiger charge is -2.43. The molecule has 0 unspecified atom stereocenters. The van der Waals surface area contributed by atoms with Gasteiger partial charge in [0.2, 0.25) is 5.91 Å². The quantitative estimate of drug-likeness (QED) is 0.844. The first-order valence-corrected chi connectivity index (χ1v) is 8.79. The number of nitrogens with zero attached hydrogens (tertiary/aromatic N) is 4. The van der Waals surface area contributed by atoms with E-state index in [1.54, 1.807) is 7.05 Å². The maximum Gasteiger partial charge on any atom is 0.233 e. The molecule has 1 aromatic heterocycles. The van der Waals surface area contributed by atoms with E-state index in [9.17, 15) is 4.79 Å². The maximum atomic E-state index is 11.8. The Labute approximate surface area is 143 Å². The molecule has 2 aliphatic heterocycles. The van der Waals surface area contributed by atoms with Crippen molar-refractivity contribution in [3.63, 3.8) is 0 Å². The van der Waals surface area contributed by atoms with E-state index in [1.165, 1.54) is 18.4 Å². The predicted octanol–water partition coefficient (Wildman–Crippen LogP) is 0.0805. The highest BCUT2D eigenvalue weighted by molar-refractivity contribution is 5.77. The molecule has 0 aromatic carbocycles. The lowest BCUT2D eigenvalue weighted by Crippen LogP contribution is -2.51. The van der Waals surface area contributed by atoms with Crippen LogP contribution in [0.5, 0.6) is 0 Å².